The third-order valence-electron chi connectivity index (χ3n) is 3.21. The number of carbonyl (C=O) groups is 1. The molecule has 1 aromatic heterocycles. The Labute approximate surface area is 102 Å². The number of carbonyl (C=O) groups excluding carboxylic acids is 1. The number of hydrogen-bond acceptors (Lipinski definition) is 3. The lowest BCUT2D eigenvalue weighted by molar-refractivity contribution is -0.131. The molecule has 1 amide bonds. The van der Waals surface area contributed by atoms with Crippen LogP contribution in [0.1, 0.15) is 30.3 Å². The minimum atomic E-state index is 0.181. The third kappa shape index (κ3) is 2.85. The fourth-order valence-electron chi connectivity index (χ4n) is 2.33. The average Bonchev–Trinajstić information content (AvgIpc) is 2.76. The number of nitrogens with one attached hydrogen (secondary N) is 2. The van der Waals surface area contributed by atoms with Crippen LogP contribution in [0, 0.1) is 6.92 Å². The number of imidazole rings is 1. The van der Waals surface area contributed by atoms with Crippen molar-refractivity contribution in [2.75, 3.05) is 26.7 Å². The van der Waals surface area contributed by atoms with Crippen LogP contribution in [0.4, 0.5) is 0 Å². The van der Waals surface area contributed by atoms with Crippen molar-refractivity contribution in [3.05, 3.63) is 17.7 Å². The van der Waals surface area contributed by atoms with Crippen LogP contribution in [0.25, 0.3) is 0 Å². The van der Waals surface area contributed by atoms with Gasteiger partial charge >= 0.3 is 0 Å². The number of aromatic amines is 1. The molecule has 0 saturated carbocycles. The van der Waals surface area contributed by atoms with Gasteiger partial charge in [-0.2, -0.15) is 0 Å². The summed E-state index contributed by atoms with van der Waals surface area (Å²) in [6, 6.07) is 0. The highest BCUT2D eigenvalue weighted by atomic mass is 16.2. The van der Waals surface area contributed by atoms with Crippen molar-refractivity contribution in [1.29, 1.82) is 0 Å². The van der Waals surface area contributed by atoms with Gasteiger partial charge in [0.05, 0.1) is 6.54 Å². The highest BCUT2D eigenvalue weighted by Crippen LogP contribution is 2.24. The van der Waals surface area contributed by atoms with Gasteiger partial charge in [0.1, 0.15) is 5.82 Å². The van der Waals surface area contributed by atoms with Crippen molar-refractivity contribution in [1.82, 2.24) is 20.2 Å². The maximum atomic E-state index is 11.8. The number of amides is 1. The molecule has 1 aliphatic heterocycles. The van der Waals surface area contributed by atoms with Crippen molar-refractivity contribution >= 4 is 5.91 Å². The van der Waals surface area contributed by atoms with E-state index >= 15 is 0 Å². The van der Waals surface area contributed by atoms with Crippen molar-refractivity contribution in [3.63, 3.8) is 0 Å². The van der Waals surface area contributed by atoms with Gasteiger partial charge in [-0.3, -0.25) is 4.79 Å². The number of nitrogens with zero attached hydrogens (tertiary/aromatic N) is 2. The molecule has 2 rings (SSSR count). The predicted octanol–water partition coefficient (Wildman–Crippen LogP) is 0.644. The molecule has 0 aromatic carbocycles. The first kappa shape index (κ1) is 12.1. The normalized spacial score (nSPS) is 20.6. The molecule has 0 spiro atoms. The Balaban J connectivity index is 1.99. The zero-order valence-corrected chi connectivity index (χ0v) is 10.5. The molecule has 2 N–H and O–H groups in total. The zero-order valence-electron chi connectivity index (χ0n) is 10.5. The monoisotopic (exact) mass is 236 g/mol. The van der Waals surface area contributed by atoms with Crippen LogP contribution < -0.4 is 5.32 Å². The number of rotatable bonds is 3. The fourth-order valence-corrected chi connectivity index (χ4v) is 2.33. The molecule has 5 heteroatoms. The molecule has 0 radical (unpaired) electrons. The highest BCUT2D eigenvalue weighted by molar-refractivity contribution is 5.78. The zero-order chi connectivity index (χ0) is 12.3. The first-order chi connectivity index (χ1) is 8.20. The van der Waals surface area contributed by atoms with E-state index < -0.39 is 0 Å². The summed E-state index contributed by atoms with van der Waals surface area (Å²) in [7, 11) is 1.80. The van der Waals surface area contributed by atoms with Gasteiger partial charge in [-0.05, 0) is 26.8 Å². The molecular formula is C12H20N4O. The Morgan fingerprint density at radius 3 is 3.18 bits per heavy atom. The fraction of sp³-hybridized carbons (Fsp3) is 0.667. The van der Waals surface area contributed by atoms with Crippen LogP contribution in [-0.4, -0.2) is 47.5 Å². The van der Waals surface area contributed by atoms with E-state index in [4.69, 9.17) is 0 Å². The van der Waals surface area contributed by atoms with E-state index in [2.05, 4.69) is 15.3 Å². The number of piperidine rings is 1. The van der Waals surface area contributed by atoms with E-state index in [1.807, 2.05) is 18.0 Å². The molecule has 1 saturated heterocycles. The largest absolute Gasteiger partial charge is 0.346 e. The number of likely N-dealkylation sites (N-methyl/N-ethyl adjacent to an activating group) is 1. The summed E-state index contributed by atoms with van der Waals surface area (Å²) in [5, 5.41) is 2.91. The Morgan fingerprint density at radius 1 is 1.71 bits per heavy atom. The third-order valence-corrected chi connectivity index (χ3v) is 3.21. The predicted molar refractivity (Wildman–Crippen MR) is 65.8 cm³/mol. The van der Waals surface area contributed by atoms with Gasteiger partial charge in [0, 0.05) is 30.9 Å². The molecule has 17 heavy (non-hydrogen) atoms. The topological polar surface area (TPSA) is 61.0 Å². The van der Waals surface area contributed by atoms with Gasteiger partial charge in [-0.1, -0.05) is 0 Å². The smallest absolute Gasteiger partial charge is 0.236 e. The summed E-state index contributed by atoms with van der Waals surface area (Å²) in [6.07, 6.45) is 4.01. The molecule has 1 unspecified atom stereocenters. The molecule has 1 fully saturated rings. The lowest BCUT2D eigenvalue weighted by atomic mass is 9.97. The molecule has 5 nitrogen and oxygen atoms in total. The van der Waals surface area contributed by atoms with Crippen LogP contribution in [0.5, 0.6) is 0 Å². The average molecular weight is 236 g/mol. The van der Waals surface area contributed by atoms with Crippen LogP contribution in [0.3, 0.4) is 0 Å². The van der Waals surface area contributed by atoms with Crippen LogP contribution in [0.2, 0.25) is 0 Å². The molecule has 1 atom stereocenters. The van der Waals surface area contributed by atoms with Gasteiger partial charge in [-0.25, -0.2) is 4.98 Å². The highest BCUT2D eigenvalue weighted by Gasteiger charge is 2.25. The Morgan fingerprint density at radius 2 is 2.53 bits per heavy atom. The number of aryl methyl sites for hydroxylation is 1. The van der Waals surface area contributed by atoms with E-state index in [0.717, 1.165) is 37.4 Å². The molecule has 2 heterocycles. The quantitative estimate of drug-likeness (QED) is 0.810. The first-order valence-corrected chi connectivity index (χ1v) is 6.14. The van der Waals surface area contributed by atoms with Crippen molar-refractivity contribution in [2.24, 2.45) is 0 Å². The summed E-state index contributed by atoms with van der Waals surface area (Å²) in [4.78, 5) is 21.4. The van der Waals surface area contributed by atoms with Gasteiger partial charge < -0.3 is 15.2 Å². The summed E-state index contributed by atoms with van der Waals surface area (Å²) in [6.45, 7) is 4.08. The van der Waals surface area contributed by atoms with Crippen LogP contribution >= 0.6 is 0 Å². The van der Waals surface area contributed by atoms with Crippen LogP contribution in [-0.2, 0) is 4.79 Å². The van der Waals surface area contributed by atoms with Crippen molar-refractivity contribution < 1.29 is 4.79 Å². The second-order valence-corrected chi connectivity index (χ2v) is 4.66. The lowest BCUT2D eigenvalue weighted by Crippen LogP contribution is -2.43. The van der Waals surface area contributed by atoms with Gasteiger partial charge in [-0.15, -0.1) is 0 Å². The molecule has 1 aliphatic rings. The molecule has 1 aromatic rings. The van der Waals surface area contributed by atoms with E-state index in [0.29, 0.717) is 12.5 Å². The summed E-state index contributed by atoms with van der Waals surface area (Å²) < 4.78 is 0. The molecule has 94 valence electrons. The summed E-state index contributed by atoms with van der Waals surface area (Å²) in [5.74, 6) is 1.56. The van der Waals surface area contributed by atoms with Gasteiger partial charge in [0.15, 0.2) is 0 Å². The maximum Gasteiger partial charge on any atom is 0.236 e. The number of likely N-dealkylation sites (tertiary alicyclic amines) is 1. The Bertz CT molecular complexity index is 388. The second-order valence-electron chi connectivity index (χ2n) is 4.66. The summed E-state index contributed by atoms with van der Waals surface area (Å²) >= 11 is 0. The molecular weight excluding hydrogens is 216 g/mol. The van der Waals surface area contributed by atoms with E-state index in [1.54, 1.807) is 7.05 Å². The lowest BCUT2D eigenvalue weighted by Gasteiger charge is -2.31. The van der Waals surface area contributed by atoms with E-state index in [9.17, 15) is 4.79 Å². The standard InChI is InChI=1S/C12H20N4O/c1-9-6-14-12(15-9)10-4-3-5-16(8-10)11(17)7-13-2/h6,10,13H,3-5,7-8H2,1-2H3,(H,14,15). The Kier molecular flexibility index (Phi) is 3.78. The minimum absolute atomic E-state index is 0.181. The number of hydrogen-bond donors (Lipinski definition) is 2. The number of aromatic nitrogens is 2. The van der Waals surface area contributed by atoms with Crippen LogP contribution in [0.15, 0.2) is 6.20 Å². The second kappa shape index (κ2) is 5.31. The van der Waals surface area contributed by atoms with Crippen molar-refractivity contribution in [3.8, 4) is 0 Å². The van der Waals surface area contributed by atoms with Gasteiger partial charge in [0.25, 0.3) is 0 Å². The SMILES string of the molecule is CNCC(=O)N1CCCC(c2ncc(C)[nH]2)C1. The first-order valence-electron chi connectivity index (χ1n) is 6.14. The van der Waals surface area contributed by atoms with E-state index in [-0.39, 0.29) is 5.91 Å². The molecule has 0 bridgehead atoms. The number of H-pyrrole nitrogens is 1. The van der Waals surface area contributed by atoms with E-state index in [1.165, 1.54) is 0 Å². The van der Waals surface area contributed by atoms with Crippen molar-refractivity contribution in [2.45, 2.75) is 25.7 Å². The minimum Gasteiger partial charge on any atom is -0.346 e. The summed E-state index contributed by atoms with van der Waals surface area (Å²) in [5.41, 5.74) is 1.08. The Hall–Kier alpha value is -1.36. The molecule has 0 aliphatic carbocycles. The maximum absolute atomic E-state index is 11.8. The van der Waals surface area contributed by atoms with Gasteiger partial charge in [0.2, 0.25) is 5.91 Å².